The molecule has 0 amide bonds. The summed E-state index contributed by atoms with van der Waals surface area (Å²) in [6.07, 6.45) is 2.92. The number of hydrogen-bond donors (Lipinski definition) is 1. The van der Waals surface area contributed by atoms with E-state index in [1.807, 2.05) is 55.5 Å². The van der Waals surface area contributed by atoms with Crippen LogP contribution in [0.15, 0.2) is 77.7 Å². The number of aromatic nitrogens is 6. The van der Waals surface area contributed by atoms with Crippen LogP contribution in [0, 0.1) is 11.6 Å². The zero-order valence-corrected chi connectivity index (χ0v) is 18.9. The Balaban J connectivity index is 1.49. The van der Waals surface area contributed by atoms with Crippen molar-refractivity contribution in [1.82, 2.24) is 29.8 Å². The summed E-state index contributed by atoms with van der Waals surface area (Å²) in [4.78, 5) is 13.2. The molecule has 0 atom stereocenters. The van der Waals surface area contributed by atoms with Gasteiger partial charge < -0.3 is 0 Å². The molecule has 0 bridgehead atoms. The molecular formula is C26H22F2N6O. The van der Waals surface area contributed by atoms with E-state index >= 15 is 0 Å². The lowest BCUT2D eigenvalue weighted by molar-refractivity contribution is 0.564. The van der Waals surface area contributed by atoms with Crippen molar-refractivity contribution in [3.63, 3.8) is 0 Å². The van der Waals surface area contributed by atoms with E-state index in [0.29, 0.717) is 17.9 Å². The van der Waals surface area contributed by atoms with Crippen LogP contribution >= 0.6 is 0 Å². The van der Waals surface area contributed by atoms with Gasteiger partial charge in [0.1, 0.15) is 17.3 Å². The SMILES string of the molecule is CCCc1cn(-c2c(F)cccc2F)c(=O)n1Cc1ccc(-c2ccccc2-c2nnn[nH]2)cc1. The van der Waals surface area contributed by atoms with Crippen LogP contribution in [0.3, 0.4) is 0 Å². The summed E-state index contributed by atoms with van der Waals surface area (Å²) in [6, 6.07) is 19.2. The first kappa shape index (κ1) is 22.4. The van der Waals surface area contributed by atoms with Crippen molar-refractivity contribution in [2.75, 3.05) is 0 Å². The molecule has 0 saturated carbocycles. The maximum absolute atomic E-state index is 14.4. The van der Waals surface area contributed by atoms with Gasteiger partial charge in [0, 0.05) is 17.5 Å². The molecule has 5 aromatic rings. The summed E-state index contributed by atoms with van der Waals surface area (Å²) < 4.78 is 31.4. The molecule has 0 aliphatic carbocycles. The third-order valence-electron chi connectivity index (χ3n) is 5.88. The molecule has 0 unspecified atom stereocenters. The Morgan fingerprint density at radius 2 is 1.63 bits per heavy atom. The van der Waals surface area contributed by atoms with Gasteiger partial charge in [-0.3, -0.25) is 9.13 Å². The largest absolute Gasteiger partial charge is 0.333 e. The van der Waals surface area contributed by atoms with Crippen LogP contribution in [0.25, 0.3) is 28.2 Å². The zero-order chi connectivity index (χ0) is 24.4. The first-order valence-corrected chi connectivity index (χ1v) is 11.2. The van der Waals surface area contributed by atoms with Gasteiger partial charge in [0.2, 0.25) is 0 Å². The van der Waals surface area contributed by atoms with Gasteiger partial charge in [-0.2, -0.15) is 0 Å². The van der Waals surface area contributed by atoms with Crippen molar-refractivity contribution in [1.29, 1.82) is 0 Å². The smallest absolute Gasteiger partial charge is 0.292 e. The van der Waals surface area contributed by atoms with Gasteiger partial charge in [0.05, 0.1) is 6.54 Å². The van der Waals surface area contributed by atoms with E-state index in [1.54, 1.807) is 4.57 Å². The van der Waals surface area contributed by atoms with Crippen molar-refractivity contribution < 1.29 is 8.78 Å². The second-order valence-corrected chi connectivity index (χ2v) is 8.17. The Kier molecular flexibility index (Phi) is 6.05. The molecule has 0 aliphatic rings. The van der Waals surface area contributed by atoms with E-state index in [-0.39, 0.29) is 12.2 Å². The van der Waals surface area contributed by atoms with Crippen LogP contribution < -0.4 is 5.69 Å². The molecule has 176 valence electrons. The van der Waals surface area contributed by atoms with E-state index in [1.165, 1.54) is 12.3 Å². The minimum absolute atomic E-state index is 0.283. The van der Waals surface area contributed by atoms with Gasteiger partial charge in [-0.25, -0.2) is 18.7 Å². The van der Waals surface area contributed by atoms with Crippen LogP contribution in [-0.2, 0) is 13.0 Å². The van der Waals surface area contributed by atoms with Crippen molar-refractivity contribution in [3.05, 3.63) is 106 Å². The number of imidazole rings is 1. The second kappa shape index (κ2) is 9.46. The fourth-order valence-corrected chi connectivity index (χ4v) is 4.22. The lowest BCUT2D eigenvalue weighted by atomic mass is 9.98. The predicted octanol–water partition coefficient (Wildman–Crippen LogP) is 4.77. The Morgan fingerprint density at radius 1 is 0.914 bits per heavy atom. The van der Waals surface area contributed by atoms with E-state index in [0.717, 1.165) is 45.4 Å². The number of nitrogens with zero attached hydrogens (tertiary/aromatic N) is 5. The number of nitrogens with one attached hydrogen (secondary N) is 1. The van der Waals surface area contributed by atoms with E-state index in [4.69, 9.17) is 0 Å². The van der Waals surface area contributed by atoms with Crippen LogP contribution in [0.4, 0.5) is 8.78 Å². The third-order valence-corrected chi connectivity index (χ3v) is 5.88. The quantitative estimate of drug-likeness (QED) is 0.370. The van der Waals surface area contributed by atoms with Gasteiger partial charge in [-0.05, 0) is 45.7 Å². The number of para-hydroxylation sites is 1. The van der Waals surface area contributed by atoms with E-state index in [2.05, 4.69) is 20.6 Å². The first-order chi connectivity index (χ1) is 17.1. The fraction of sp³-hybridized carbons (Fsp3) is 0.154. The van der Waals surface area contributed by atoms with E-state index in [9.17, 15) is 13.6 Å². The number of tetrazole rings is 1. The summed E-state index contributed by atoms with van der Waals surface area (Å²) in [7, 11) is 0. The number of aromatic amines is 1. The highest BCUT2D eigenvalue weighted by Gasteiger charge is 2.18. The maximum Gasteiger partial charge on any atom is 0.333 e. The van der Waals surface area contributed by atoms with Crippen LogP contribution in [-0.4, -0.2) is 29.8 Å². The molecule has 0 fully saturated rings. The molecule has 0 saturated heterocycles. The van der Waals surface area contributed by atoms with Gasteiger partial charge in [-0.15, -0.1) is 5.10 Å². The van der Waals surface area contributed by atoms with Crippen molar-refractivity contribution >= 4 is 0 Å². The summed E-state index contributed by atoms with van der Waals surface area (Å²) in [6.45, 7) is 2.28. The summed E-state index contributed by atoms with van der Waals surface area (Å²) >= 11 is 0. The predicted molar refractivity (Wildman–Crippen MR) is 128 cm³/mol. The molecule has 5 rings (SSSR count). The number of rotatable bonds is 7. The van der Waals surface area contributed by atoms with Crippen molar-refractivity contribution in [2.45, 2.75) is 26.3 Å². The summed E-state index contributed by atoms with van der Waals surface area (Å²) in [5, 5.41) is 14.1. The molecule has 35 heavy (non-hydrogen) atoms. The monoisotopic (exact) mass is 472 g/mol. The summed E-state index contributed by atoms with van der Waals surface area (Å²) in [5.74, 6) is -0.989. The molecule has 7 nitrogen and oxygen atoms in total. The molecule has 2 aromatic heterocycles. The Morgan fingerprint density at radius 3 is 2.29 bits per heavy atom. The van der Waals surface area contributed by atoms with Crippen LogP contribution in [0.5, 0.6) is 0 Å². The number of aryl methyl sites for hydroxylation is 1. The number of halogens is 2. The molecule has 3 aromatic carbocycles. The van der Waals surface area contributed by atoms with Gasteiger partial charge in [-0.1, -0.05) is 67.9 Å². The van der Waals surface area contributed by atoms with Crippen molar-refractivity contribution in [3.8, 4) is 28.2 Å². The highest BCUT2D eigenvalue weighted by molar-refractivity contribution is 5.80. The Bertz CT molecular complexity index is 1500. The molecule has 2 heterocycles. The van der Waals surface area contributed by atoms with Gasteiger partial charge >= 0.3 is 5.69 Å². The normalized spacial score (nSPS) is 11.2. The minimum atomic E-state index is -0.780. The fourth-order valence-electron chi connectivity index (χ4n) is 4.22. The topological polar surface area (TPSA) is 81.4 Å². The Hall–Kier alpha value is -4.40. The molecule has 1 N–H and O–H groups in total. The maximum atomic E-state index is 14.4. The first-order valence-electron chi connectivity index (χ1n) is 11.2. The lowest BCUT2D eigenvalue weighted by Gasteiger charge is -2.10. The minimum Gasteiger partial charge on any atom is -0.292 e. The highest BCUT2D eigenvalue weighted by atomic mass is 19.1. The van der Waals surface area contributed by atoms with E-state index < -0.39 is 17.3 Å². The number of H-pyrrole nitrogens is 1. The number of benzene rings is 3. The third kappa shape index (κ3) is 4.28. The van der Waals surface area contributed by atoms with Crippen LogP contribution in [0.1, 0.15) is 24.6 Å². The van der Waals surface area contributed by atoms with Gasteiger partial charge in [0.15, 0.2) is 5.82 Å². The lowest BCUT2D eigenvalue weighted by Crippen LogP contribution is -2.25. The molecular weight excluding hydrogens is 450 g/mol. The Labute approximate surface area is 199 Å². The van der Waals surface area contributed by atoms with Crippen molar-refractivity contribution in [2.24, 2.45) is 0 Å². The molecule has 9 heteroatoms. The van der Waals surface area contributed by atoms with Gasteiger partial charge in [0.25, 0.3) is 0 Å². The molecule has 0 radical (unpaired) electrons. The molecule has 0 aliphatic heterocycles. The standard InChI is InChI=1S/C26H22F2N6O/c1-2-6-19-16-34(24-22(27)9-5-10-23(24)28)26(35)33(19)15-17-11-13-18(14-12-17)20-7-3-4-8-21(20)25-29-31-32-30-25/h3-5,7-14,16H,2,6,15H2,1H3,(H,29,30,31,32). The number of hydrogen-bond acceptors (Lipinski definition) is 4. The second-order valence-electron chi connectivity index (χ2n) is 8.17. The molecule has 0 spiro atoms. The average molecular weight is 472 g/mol. The summed E-state index contributed by atoms with van der Waals surface area (Å²) in [5.41, 5.74) is 3.56. The van der Waals surface area contributed by atoms with Crippen LogP contribution in [0.2, 0.25) is 0 Å². The zero-order valence-electron chi connectivity index (χ0n) is 18.9. The average Bonchev–Trinajstić information content (AvgIpc) is 3.50. The highest BCUT2D eigenvalue weighted by Crippen LogP contribution is 2.30.